The molecule has 5 nitrogen and oxygen atoms in total. The van der Waals surface area contributed by atoms with Crippen LogP contribution in [0.4, 0.5) is 5.69 Å². The van der Waals surface area contributed by atoms with E-state index in [1.807, 2.05) is 35.9 Å². The van der Waals surface area contributed by atoms with E-state index in [2.05, 4.69) is 21.5 Å². The molecule has 1 N–H and O–H groups in total. The third kappa shape index (κ3) is 3.72. The molecular formula is C19H19ClN4O. The number of hydrogen-bond donors (Lipinski definition) is 1. The molecule has 4 rings (SSSR count). The highest BCUT2D eigenvalue weighted by Crippen LogP contribution is 2.41. The molecule has 1 amide bonds. The van der Waals surface area contributed by atoms with E-state index in [9.17, 15) is 4.79 Å². The molecule has 1 saturated carbocycles. The fourth-order valence-electron chi connectivity index (χ4n) is 2.79. The maximum atomic E-state index is 12.2. The van der Waals surface area contributed by atoms with E-state index >= 15 is 0 Å². The Balaban J connectivity index is 0.00000182. The number of halogens is 1. The van der Waals surface area contributed by atoms with Gasteiger partial charge in [-0.05, 0) is 62.2 Å². The fourth-order valence-corrected chi connectivity index (χ4v) is 2.79. The molecule has 0 spiro atoms. The Morgan fingerprint density at radius 1 is 1.12 bits per heavy atom. The van der Waals surface area contributed by atoms with Crippen LogP contribution in [0.3, 0.4) is 0 Å². The molecule has 0 aliphatic heterocycles. The minimum Gasteiger partial charge on any atom is -0.322 e. The highest BCUT2D eigenvalue weighted by molar-refractivity contribution is 6.04. The number of aryl methyl sites for hydroxylation is 1. The number of hydrogen-bond acceptors (Lipinski definition) is 3. The zero-order chi connectivity index (χ0) is 16.5. The van der Waals surface area contributed by atoms with Gasteiger partial charge in [-0.2, -0.15) is 5.10 Å². The molecule has 0 saturated heterocycles. The van der Waals surface area contributed by atoms with Crippen LogP contribution in [0.5, 0.6) is 0 Å². The highest BCUT2D eigenvalue weighted by Gasteiger charge is 2.28. The van der Waals surface area contributed by atoms with Crippen LogP contribution < -0.4 is 5.32 Å². The van der Waals surface area contributed by atoms with Crippen LogP contribution in [0, 0.1) is 6.92 Å². The maximum absolute atomic E-state index is 12.2. The third-order valence-electron chi connectivity index (χ3n) is 4.17. The number of anilines is 1. The minimum atomic E-state index is -0.140. The van der Waals surface area contributed by atoms with E-state index in [0.29, 0.717) is 11.5 Å². The standard InChI is InChI=1S/C19H18N4O.ClH/c1-13-12-18(14-2-3-14)23(22-13)17-6-4-16(5-7-17)21-19(24)15-8-10-20-11-9-15;/h4-12,14H,2-3H2,1H3,(H,21,24);1H. The summed E-state index contributed by atoms with van der Waals surface area (Å²) < 4.78 is 2.02. The monoisotopic (exact) mass is 354 g/mol. The van der Waals surface area contributed by atoms with Crippen molar-refractivity contribution in [2.24, 2.45) is 0 Å². The third-order valence-corrected chi connectivity index (χ3v) is 4.17. The van der Waals surface area contributed by atoms with Gasteiger partial charge in [-0.3, -0.25) is 9.78 Å². The summed E-state index contributed by atoms with van der Waals surface area (Å²) in [4.78, 5) is 16.1. The maximum Gasteiger partial charge on any atom is 0.255 e. The molecule has 128 valence electrons. The van der Waals surface area contributed by atoms with Crippen molar-refractivity contribution < 1.29 is 4.79 Å². The molecule has 1 aliphatic carbocycles. The van der Waals surface area contributed by atoms with Gasteiger partial charge >= 0.3 is 0 Å². The Kier molecular flexibility index (Phi) is 4.86. The molecule has 2 heterocycles. The first-order valence-corrected chi connectivity index (χ1v) is 8.09. The summed E-state index contributed by atoms with van der Waals surface area (Å²) in [5, 5.41) is 7.50. The number of nitrogens with zero attached hydrogens (tertiary/aromatic N) is 3. The van der Waals surface area contributed by atoms with Gasteiger partial charge in [0.2, 0.25) is 0 Å². The molecule has 1 fully saturated rings. The average Bonchev–Trinajstić information content (AvgIpc) is 3.38. The molecule has 0 bridgehead atoms. The molecule has 0 atom stereocenters. The van der Waals surface area contributed by atoms with Crippen LogP contribution in [0.25, 0.3) is 5.69 Å². The van der Waals surface area contributed by atoms with Gasteiger partial charge in [-0.25, -0.2) is 4.68 Å². The van der Waals surface area contributed by atoms with E-state index in [4.69, 9.17) is 0 Å². The van der Waals surface area contributed by atoms with Crippen LogP contribution >= 0.6 is 12.4 Å². The van der Waals surface area contributed by atoms with E-state index in [1.165, 1.54) is 18.5 Å². The van der Waals surface area contributed by atoms with Crippen molar-refractivity contribution in [3.05, 3.63) is 71.8 Å². The summed E-state index contributed by atoms with van der Waals surface area (Å²) in [7, 11) is 0. The van der Waals surface area contributed by atoms with Crippen molar-refractivity contribution in [2.75, 3.05) is 5.32 Å². The van der Waals surface area contributed by atoms with Gasteiger partial charge in [0.1, 0.15) is 0 Å². The van der Waals surface area contributed by atoms with E-state index in [1.54, 1.807) is 24.5 Å². The SMILES string of the molecule is Cc1cc(C2CC2)n(-c2ccc(NC(=O)c3ccncc3)cc2)n1.Cl. The fraction of sp³-hybridized carbons (Fsp3) is 0.211. The number of carbonyl (C=O) groups is 1. The zero-order valence-electron chi connectivity index (χ0n) is 13.8. The Bertz CT molecular complexity index is 870. The first kappa shape index (κ1) is 17.2. The lowest BCUT2D eigenvalue weighted by Gasteiger charge is -2.09. The summed E-state index contributed by atoms with van der Waals surface area (Å²) in [6, 6.07) is 13.3. The number of carbonyl (C=O) groups excluding carboxylic acids is 1. The molecule has 1 aromatic carbocycles. The topological polar surface area (TPSA) is 59.8 Å². The molecule has 0 radical (unpaired) electrons. The molecule has 6 heteroatoms. The molecule has 2 aromatic heterocycles. The van der Waals surface area contributed by atoms with E-state index in [-0.39, 0.29) is 18.3 Å². The predicted molar refractivity (Wildman–Crippen MR) is 99.7 cm³/mol. The van der Waals surface area contributed by atoms with E-state index < -0.39 is 0 Å². The van der Waals surface area contributed by atoms with Crippen molar-refractivity contribution in [1.82, 2.24) is 14.8 Å². The number of rotatable bonds is 4. The largest absolute Gasteiger partial charge is 0.322 e. The molecule has 3 aromatic rings. The van der Waals surface area contributed by atoms with Gasteiger partial charge in [0.15, 0.2) is 0 Å². The second-order valence-corrected chi connectivity index (χ2v) is 6.13. The Morgan fingerprint density at radius 3 is 2.44 bits per heavy atom. The first-order valence-electron chi connectivity index (χ1n) is 8.09. The van der Waals surface area contributed by atoms with Crippen LogP contribution in [0.1, 0.15) is 40.5 Å². The van der Waals surface area contributed by atoms with Crippen molar-refractivity contribution in [2.45, 2.75) is 25.7 Å². The average molecular weight is 355 g/mol. The second kappa shape index (κ2) is 7.07. The molecule has 1 aliphatic rings. The van der Waals surface area contributed by atoms with Gasteiger partial charge in [0.05, 0.1) is 11.4 Å². The molecular weight excluding hydrogens is 336 g/mol. The summed E-state index contributed by atoms with van der Waals surface area (Å²) in [6.45, 7) is 2.02. The van der Waals surface area contributed by atoms with Crippen LogP contribution in [-0.4, -0.2) is 20.7 Å². The first-order chi connectivity index (χ1) is 11.7. The van der Waals surface area contributed by atoms with Crippen LogP contribution in [0.15, 0.2) is 54.9 Å². The second-order valence-electron chi connectivity index (χ2n) is 6.13. The summed E-state index contributed by atoms with van der Waals surface area (Å²) in [6.07, 6.45) is 5.70. The van der Waals surface area contributed by atoms with Crippen LogP contribution in [0.2, 0.25) is 0 Å². The van der Waals surface area contributed by atoms with Gasteiger partial charge in [0.25, 0.3) is 5.91 Å². The Morgan fingerprint density at radius 2 is 1.80 bits per heavy atom. The number of nitrogens with one attached hydrogen (secondary N) is 1. The summed E-state index contributed by atoms with van der Waals surface area (Å²) in [5.74, 6) is 0.496. The number of benzene rings is 1. The lowest BCUT2D eigenvalue weighted by Crippen LogP contribution is -2.11. The number of pyridine rings is 1. The van der Waals surface area contributed by atoms with Crippen molar-refractivity contribution in [3.63, 3.8) is 0 Å². The quantitative estimate of drug-likeness (QED) is 0.766. The summed E-state index contributed by atoms with van der Waals surface area (Å²) in [5.41, 5.74) is 4.69. The summed E-state index contributed by atoms with van der Waals surface area (Å²) >= 11 is 0. The Labute approximate surface area is 152 Å². The van der Waals surface area contributed by atoms with E-state index in [0.717, 1.165) is 17.1 Å². The van der Waals surface area contributed by atoms with Crippen molar-refractivity contribution in [1.29, 1.82) is 0 Å². The minimum absolute atomic E-state index is 0. The van der Waals surface area contributed by atoms with Crippen molar-refractivity contribution in [3.8, 4) is 5.69 Å². The van der Waals surface area contributed by atoms with Crippen LogP contribution in [-0.2, 0) is 0 Å². The molecule has 25 heavy (non-hydrogen) atoms. The lowest BCUT2D eigenvalue weighted by atomic mass is 10.2. The molecule has 0 unspecified atom stereocenters. The zero-order valence-corrected chi connectivity index (χ0v) is 14.7. The highest BCUT2D eigenvalue weighted by atomic mass is 35.5. The number of aromatic nitrogens is 3. The van der Waals surface area contributed by atoms with Gasteiger partial charge in [0, 0.05) is 35.3 Å². The van der Waals surface area contributed by atoms with Gasteiger partial charge in [-0.1, -0.05) is 0 Å². The van der Waals surface area contributed by atoms with Gasteiger partial charge < -0.3 is 5.32 Å². The lowest BCUT2D eigenvalue weighted by molar-refractivity contribution is 0.102. The van der Waals surface area contributed by atoms with Crippen molar-refractivity contribution >= 4 is 24.0 Å². The van der Waals surface area contributed by atoms with Gasteiger partial charge in [-0.15, -0.1) is 12.4 Å². The number of amides is 1. The Hall–Kier alpha value is -2.66. The predicted octanol–water partition coefficient (Wildman–Crippen LogP) is 4.13. The smallest absolute Gasteiger partial charge is 0.255 e. The normalized spacial score (nSPS) is 13.2.